The van der Waals surface area contributed by atoms with Crippen LogP contribution in [-0.2, 0) is 4.79 Å². The van der Waals surface area contributed by atoms with Crippen molar-refractivity contribution in [2.24, 2.45) is 11.7 Å². The Labute approximate surface area is 139 Å². The van der Waals surface area contributed by atoms with Gasteiger partial charge in [0.1, 0.15) is 5.75 Å². The third-order valence-electron chi connectivity index (χ3n) is 3.79. The zero-order valence-electron chi connectivity index (χ0n) is 13.4. The van der Waals surface area contributed by atoms with E-state index in [1.807, 2.05) is 24.3 Å². The summed E-state index contributed by atoms with van der Waals surface area (Å²) >= 11 is 0. The quantitative estimate of drug-likeness (QED) is 0.837. The number of carbonyl (C=O) groups excluding carboxylic acids is 1. The minimum Gasteiger partial charge on any atom is -0.490 e. The van der Waals surface area contributed by atoms with Gasteiger partial charge in [-0.1, -0.05) is 13.8 Å². The summed E-state index contributed by atoms with van der Waals surface area (Å²) in [4.78, 5) is 11.9. The molecule has 4 nitrogen and oxygen atoms in total. The Morgan fingerprint density at radius 1 is 1.27 bits per heavy atom. The molecule has 1 aromatic carbocycles. The minimum atomic E-state index is -0.459. The average Bonchev–Trinajstić information content (AvgIpc) is 2.93. The van der Waals surface area contributed by atoms with E-state index < -0.39 is 6.04 Å². The largest absolute Gasteiger partial charge is 0.490 e. The van der Waals surface area contributed by atoms with Crippen molar-refractivity contribution in [3.05, 3.63) is 24.3 Å². The molecule has 22 heavy (non-hydrogen) atoms. The summed E-state index contributed by atoms with van der Waals surface area (Å²) in [6, 6.07) is 7.08. The highest BCUT2D eigenvalue weighted by Gasteiger charge is 2.17. The van der Waals surface area contributed by atoms with Crippen molar-refractivity contribution >= 4 is 24.0 Å². The lowest BCUT2D eigenvalue weighted by molar-refractivity contribution is -0.117. The molecular formula is C17H27ClN2O2. The molecule has 1 aromatic rings. The molecule has 1 fully saturated rings. The molecule has 1 aliphatic carbocycles. The summed E-state index contributed by atoms with van der Waals surface area (Å²) < 4.78 is 5.90. The highest BCUT2D eigenvalue weighted by Crippen LogP contribution is 2.25. The Morgan fingerprint density at radius 2 is 1.86 bits per heavy atom. The molecular weight excluding hydrogens is 300 g/mol. The van der Waals surface area contributed by atoms with Crippen LogP contribution in [0.1, 0.15) is 46.0 Å². The SMILES string of the molecule is CC(C)C[C@H](N)C(=O)Nc1ccc(OC2CCCC2)cc1.Cl. The first-order valence-corrected chi connectivity index (χ1v) is 7.88. The summed E-state index contributed by atoms with van der Waals surface area (Å²) in [6.45, 7) is 4.12. The van der Waals surface area contributed by atoms with E-state index in [1.165, 1.54) is 12.8 Å². The van der Waals surface area contributed by atoms with Crippen LogP contribution >= 0.6 is 12.4 Å². The molecule has 0 unspecified atom stereocenters. The zero-order chi connectivity index (χ0) is 15.2. The molecule has 0 radical (unpaired) electrons. The monoisotopic (exact) mass is 326 g/mol. The number of anilines is 1. The number of carbonyl (C=O) groups is 1. The predicted molar refractivity (Wildman–Crippen MR) is 92.6 cm³/mol. The van der Waals surface area contributed by atoms with Crippen LogP contribution in [0, 0.1) is 5.92 Å². The maximum absolute atomic E-state index is 11.9. The van der Waals surface area contributed by atoms with Gasteiger partial charge in [0.05, 0.1) is 12.1 Å². The van der Waals surface area contributed by atoms with Gasteiger partial charge in [-0.25, -0.2) is 0 Å². The number of benzene rings is 1. The first kappa shape index (κ1) is 18.8. The van der Waals surface area contributed by atoms with Crippen molar-refractivity contribution in [1.29, 1.82) is 0 Å². The molecule has 1 saturated carbocycles. The lowest BCUT2D eigenvalue weighted by Crippen LogP contribution is -2.36. The van der Waals surface area contributed by atoms with E-state index in [9.17, 15) is 4.79 Å². The number of amides is 1. The first-order valence-electron chi connectivity index (χ1n) is 7.88. The van der Waals surface area contributed by atoms with Crippen LogP contribution in [0.5, 0.6) is 5.75 Å². The molecule has 2 rings (SSSR count). The van der Waals surface area contributed by atoms with Gasteiger partial charge < -0.3 is 15.8 Å². The van der Waals surface area contributed by atoms with E-state index in [1.54, 1.807) is 0 Å². The van der Waals surface area contributed by atoms with E-state index in [4.69, 9.17) is 10.5 Å². The molecule has 0 spiro atoms. The molecule has 1 aliphatic rings. The molecule has 124 valence electrons. The summed E-state index contributed by atoms with van der Waals surface area (Å²) in [5.41, 5.74) is 6.63. The van der Waals surface area contributed by atoms with Crippen molar-refractivity contribution in [1.82, 2.24) is 0 Å². The van der Waals surface area contributed by atoms with Crippen LogP contribution in [-0.4, -0.2) is 18.1 Å². The lowest BCUT2D eigenvalue weighted by Gasteiger charge is -2.15. The maximum atomic E-state index is 11.9. The topological polar surface area (TPSA) is 64.4 Å². The van der Waals surface area contributed by atoms with Gasteiger partial charge in [-0.3, -0.25) is 4.79 Å². The standard InChI is InChI=1S/C17H26N2O2.ClH/c1-12(2)11-16(18)17(20)19-13-7-9-15(10-8-13)21-14-5-3-4-6-14;/h7-10,12,14,16H,3-6,11,18H2,1-2H3,(H,19,20);1H/t16-;/m0./s1. The second-order valence-electron chi connectivity index (χ2n) is 6.27. The average molecular weight is 327 g/mol. The molecule has 1 atom stereocenters. The smallest absolute Gasteiger partial charge is 0.241 e. The molecule has 5 heteroatoms. The molecule has 1 amide bonds. The van der Waals surface area contributed by atoms with Gasteiger partial charge in [-0.05, 0) is 62.3 Å². The van der Waals surface area contributed by atoms with Crippen molar-refractivity contribution in [3.8, 4) is 5.75 Å². The zero-order valence-corrected chi connectivity index (χ0v) is 14.2. The second kappa shape index (κ2) is 9.01. The Morgan fingerprint density at radius 3 is 2.41 bits per heavy atom. The summed E-state index contributed by atoms with van der Waals surface area (Å²) in [5.74, 6) is 1.15. The Balaban J connectivity index is 0.00000242. The highest BCUT2D eigenvalue weighted by molar-refractivity contribution is 5.94. The molecule has 0 aromatic heterocycles. The Hall–Kier alpha value is -1.26. The van der Waals surface area contributed by atoms with E-state index in [2.05, 4.69) is 19.2 Å². The maximum Gasteiger partial charge on any atom is 0.241 e. The Bertz CT molecular complexity index is 456. The summed E-state index contributed by atoms with van der Waals surface area (Å²) in [7, 11) is 0. The number of nitrogens with two attached hydrogens (primary N) is 1. The van der Waals surface area contributed by atoms with Gasteiger partial charge in [-0.15, -0.1) is 12.4 Å². The number of ether oxygens (including phenoxy) is 1. The fourth-order valence-corrected chi connectivity index (χ4v) is 2.67. The molecule has 3 N–H and O–H groups in total. The van der Waals surface area contributed by atoms with Crippen molar-refractivity contribution in [3.63, 3.8) is 0 Å². The van der Waals surface area contributed by atoms with Gasteiger partial charge in [0, 0.05) is 5.69 Å². The van der Waals surface area contributed by atoms with Crippen molar-refractivity contribution in [2.75, 3.05) is 5.32 Å². The third kappa shape index (κ3) is 5.85. The second-order valence-corrected chi connectivity index (χ2v) is 6.27. The predicted octanol–water partition coefficient (Wildman–Crippen LogP) is 3.74. The molecule has 0 heterocycles. The van der Waals surface area contributed by atoms with Crippen molar-refractivity contribution in [2.45, 2.75) is 58.1 Å². The van der Waals surface area contributed by atoms with Crippen LogP contribution in [0.25, 0.3) is 0 Å². The van der Waals surface area contributed by atoms with E-state index >= 15 is 0 Å². The normalized spacial score (nSPS) is 16.2. The van der Waals surface area contributed by atoms with Crippen LogP contribution in [0.2, 0.25) is 0 Å². The van der Waals surface area contributed by atoms with Crippen LogP contribution in [0.4, 0.5) is 5.69 Å². The van der Waals surface area contributed by atoms with E-state index in [-0.39, 0.29) is 18.3 Å². The van der Waals surface area contributed by atoms with Crippen molar-refractivity contribution < 1.29 is 9.53 Å². The summed E-state index contributed by atoms with van der Waals surface area (Å²) in [6.07, 6.45) is 5.84. The van der Waals surface area contributed by atoms with Gasteiger partial charge in [-0.2, -0.15) is 0 Å². The van der Waals surface area contributed by atoms with Crippen LogP contribution in [0.15, 0.2) is 24.3 Å². The lowest BCUT2D eigenvalue weighted by atomic mass is 10.0. The minimum absolute atomic E-state index is 0. The fourth-order valence-electron chi connectivity index (χ4n) is 2.67. The number of nitrogens with one attached hydrogen (secondary N) is 1. The fraction of sp³-hybridized carbons (Fsp3) is 0.588. The van der Waals surface area contributed by atoms with Crippen LogP contribution < -0.4 is 15.8 Å². The van der Waals surface area contributed by atoms with Crippen LogP contribution in [0.3, 0.4) is 0 Å². The number of halogens is 1. The first-order chi connectivity index (χ1) is 10.0. The van der Waals surface area contributed by atoms with Gasteiger partial charge in [0.2, 0.25) is 5.91 Å². The van der Waals surface area contributed by atoms with Gasteiger partial charge in [0.25, 0.3) is 0 Å². The van der Waals surface area contributed by atoms with E-state index in [0.717, 1.165) is 24.3 Å². The Kier molecular flexibility index (Phi) is 7.69. The molecule has 0 aliphatic heterocycles. The highest BCUT2D eigenvalue weighted by atomic mass is 35.5. The van der Waals surface area contributed by atoms with Gasteiger partial charge >= 0.3 is 0 Å². The summed E-state index contributed by atoms with van der Waals surface area (Å²) in [5, 5.41) is 2.85. The number of hydrogen-bond acceptors (Lipinski definition) is 3. The van der Waals surface area contributed by atoms with E-state index in [0.29, 0.717) is 18.4 Å². The number of rotatable bonds is 6. The third-order valence-corrected chi connectivity index (χ3v) is 3.79. The van der Waals surface area contributed by atoms with Gasteiger partial charge in [0.15, 0.2) is 0 Å². The number of hydrogen-bond donors (Lipinski definition) is 2. The molecule has 0 bridgehead atoms. The molecule has 0 saturated heterocycles.